The molecule has 0 radical (unpaired) electrons. The standard InChI is InChI=1S/C11H12F3NO4S/c1-7(2)18-9-5-3-8(4-6-9)10(11(12,13)14)15-19-20(16)17/h3-7H,1-2H3,(H,16,17)/p-1. The summed E-state index contributed by atoms with van der Waals surface area (Å²) in [6, 6.07) is 4.87. The van der Waals surface area contributed by atoms with Crippen LogP contribution in [0.3, 0.4) is 0 Å². The van der Waals surface area contributed by atoms with Crippen molar-refractivity contribution in [1.29, 1.82) is 0 Å². The Morgan fingerprint density at radius 2 is 1.85 bits per heavy atom. The molecule has 0 aliphatic rings. The molecule has 1 aromatic rings. The molecule has 5 nitrogen and oxygen atoms in total. The Balaban J connectivity index is 3.03. The fraction of sp³-hybridized carbons (Fsp3) is 0.364. The number of ether oxygens (including phenoxy) is 1. The highest BCUT2D eigenvalue weighted by Gasteiger charge is 2.38. The van der Waals surface area contributed by atoms with Gasteiger partial charge >= 0.3 is 6.18 Å². The second-order valence-electron chi connectivity index (χ2n) is 3.91. The first-order valence-corrected chi connectivity index (χ1v) is 6.39. The minimum atomic E-state index is -4.85. The zero-order valence-electron chi connectivity index (χ0n) is 10.5. The number of hydrogen-bond donors (Lipinski definition) is 0. The maximum atomic E-state index is 12.7. The average molecular weight is 310 g/mol. The third-order valence-corrected chi connectivity index (χ3v) is 2.15. The third-order valence-electron chi connectivity index (χ3n) is 1.96. The van der Waals surface area contributed by atoms with Crippen LogP contribution in [0.15, 0.2) is 29.4 Å². The zero-order valence-corrected chi connectivity index (χ0v) is 11.3. The second-order valence-corrected chi connectivity index (χ2v) is 4.46. The summed E-state index contributed by atoms with van der Waals surface area (Å²) in [7, 11) is 0. The van der Waals surface area contributed by atoms with Crippen LogP contribution in [0.4, 0.5) is 13.2 Å². The topological polar surface area (TPSA) is 71.0 Å². The van der Waals surface area contributed by atoms with E-state index in [-0.39, 0.29) is 11.7 Å². The van der Waals surface area contributed by atoms with Crippen molar-refractivity contribution in [3.05, 3.63) is 29.8 Å². The smallest absolute Gasteiger partial charge is 0.437 e. The van der Waals surface area contributed by atoms with Crippen LogP contribution in [0.5, 0.6) is 5.75 Å². The monoisotopic (exact) mass is 310 g/mol. The van der Waals surface area contributed by atoms with Gasteiger partial charge in [-0.25, -0.2) is 4.21 Å². The van der Waals surface area contributed by atoms with Crippen LogP contribution in [0.25, 0.3) is 0 Å². The van der Waals surface area contributed by atoms with Crippen LogP contribution in [-0.4, -0.2) is 26.8 Å². The lowest BCUT2D eigenvalue weighted by Crippen LogP contribution is -2.24. The van der Waals surface area contributed by atoms with E-state index in [1.54, 1.807) is 13.8 Å². The van der Waals surface area contributed by atoms with Crippen molar-refractivity contribution in [3.63, 3.8) is 0 Å². The third kappa shape index (κ3) is 5.17. The fourth-order valence-corrected chi connectivity index (χ4v) is 1.43. The molecule has 1 rings (SSSR count). The lowest BCUT2D eigenvalue weighted by Gasteiger charge is -2.13. The first-order valence-electron chi connectivity index (χ1n) is 5.39. The van der Waals surface area contributed by atoms with E-state index in [2.05, 4.69) is 9.44 Å². The first-order chi connectivity index (χ1) is 9.20. The summed E-state index contributed by atoms with van der Waals surface area (Å²) in [5.74, 6) is 0.388. The van der Waals surface area contributed by atoms with Gasteiger partial charge in [-0.2, -0.15) is 13.2 Å². The summed E-state index contributed by atoms with van der Waals surface area (Å²) < 4.78 is 67.3. The number of oxime groups is 1. The summed E-state index contributed by atoms with van der Waals surface area (Å²) in [6.07, 6.45) is -4.97. The van der Waals surface area contributed by atoms with E-state index in [0.717, 1.165) is 12.1 Å². The van der Waals surface area contributed by atoms with Crippen molar-refractivity contribution >= 4 is 17.1 Å². The molecule has 1 atom stereocenters. The Hall–Kier alpha value is -1.61. The minimum Gasteiger partial charge on any atom is -0.738 e. The molecule has 0 amide bonds. The molecule has 112 valence electrons. The molecule has 0 saturated heterocycles. The van der Waals surface area contributed by atoms with E-state index < -0.39 is 23.2 Å². The summed E-state index contributed by atoms with van der Waals surface area (Å²) in [4.78, 5) is 0. The van der Waals surface area contributed by atoms with E-state index in [4.69, 9.17) is 4.74 Å². The Kier molecular flexibility index (Phi) is 5.52. The number of halogens is 3. The Morgan fingerprint density at radius 3 is 2.25 bits per heavy atom. The predicted molar refractivity (Wildman–Crippen MR) is 64.8 cm³/mol. The van der Waals surface area contributed by atoms with E-state index in [9.17, 15) is 21.9 Å². The van der Waals surface area contributed by atoms with E-state index in [1.165, 1.54) is 12.1 Å². The van der Waals surface area contributed by atoms with Gasteiger partial charge in [-0.05, 0) is 38.1 Å². The summed E-state index contributed by atoms with van der Waals surface area (Å²) in [6.45, 7) is 3.54. The van der Waals surface area contributed by atoms with Gasteiger partial charge in [0.2, 0.25) is 0 Å². The van der Waals surface area contributed by atoms with Gasteiger partial charge in [0, 0.05) is 5.56 Å². The Morgan fingerprint density at radius 1 is 1.30 bits per heavy atom. The molecule has 1 aromatic carbocycles. The molecule has 0 aliphatic carbocycles. The molecule has 20 heavy (non-hydrogen) atoms. The highest BCUT2D eigenvalue weighted by molar-refractivity contribution is 7.74. The van der Waals surface area contributed by atoms with Gasteiger partial charge in [0.1, 0.15) is 5.75 Å². The molecule has 0 spiro atoms. The fourth-order valence-electron chi connectivity index (χ4n) is 1.30. The highest BCUT2D eigenvalue weighted by atomic mass is 32.2. The lowest BCUT2D eigenvalue weighted by atomic mass is 10.1. The Labute approximate surface area is 115 Å². The zero-order chi connectivity index (χ0) is 15.3. The van der Waals surface area contributed by atoms with Crippen LogP contribution < -0.4 is 4.74 Å². The van der Waals surface area contributed by atoms with Gasteiger partial charge in [0.25, 0.3) is 0 Å². The van der Waals surface area contributed by atoms with Crippen molar-refractivity contribution in [3.8, 4) is 5.75 Å². The number of hydrogen-bond acceptors (Lipinski definition) is 5. The quantitative estimate of drug-likeness (QED) is 0.476. The molecular formula is C11H11F3NO4S-. The van der Waals surface area contributed by atoms with Crippen molar-refractivity contribution in [2.45, 2.75) is 26.1 Å². The summed E-state index contributed by atoms with van der Waals surface area (Å²) in [5, 5.41) is 2.59. The van der Waals surface area contributed by atoms with Crippen LogP contribution >= 0.6 is 0 Å². The molecule has 1 unspecified atom stereocenters. The van der Waals surface area contributed by atoms with Gasteiger partial charge in [0.05, 0.1) is 6.10 Å². The van der Waals surface area contributed by atoms with Crippen LogP contribution in [0, 0.1) is 0 Å². The van der Waals surface area contributed by atoms with Crippen LogP contribution in [0.1, 0.15) is 19.4 Å². The van der Waals surface area contributed by atoms with E-state index in [1.807, 2.05) is 0 Å². The molecule has 0 bridgehead atoms. The number of alkyl halides is 3. The first kappa shape index (κ1) is 16.4. The number of rotatable bonds is 5. The van der Waals surface area contributed by atoms with Crippen molar-refractivity contribution in [2.24, 2.45) is 5.16 Å². The Bertz CT molecular complexity index is 499. The predicted octanol–water partition coefficient (Wildman–Crippen LogP) is 2.55. The molecule has 0 aromatic heterocycles. The van der Waals surface area contributed by atoms with Crippen molar-refractivity contribution in [1.82, 2.24) is 0 Å². The van der Waals surface area contributed by atoms with E-state index in [0.29, 0.717) is 5.75 Å². The maximum absolute atomic E-state index is 12.7. The van der Waals surface area contributed by atoms with Gasteiger partial charge in [-0.1, -0.05) is 5.16 Å². The van der Waals surface area contributed by atoms with Crippen molar-refractivity contribution < 1.29 is 31.0 Å². The molecule has 0 fully saturated rings. The number of benzene rings is 1. The summed E-state index contributed by atoms with van der Waals surface area (Å²) >= 11 is -3.17. The van der Waals surface area contributed by atoms with Crippen molar-refractivity contribution in [2.75, 3.05) is 0 Å². The molecular weight excluding hydrogens is 299 g/mol. The SMILES string of the molecule is CC(C)Oc1ccc(C(=NOS(=O)[O-])C(F)(F)F)cc1. The van der Waals surface area contributed by atoms with Gasteiger partial charge in [-0.3, -0.25) is 0 Å². The van der Waals surface area contributed by atoms with E-state index >= 15 is 0 Å². The number of nitrogens with zero attached hydrogens (tertiary/aromatic N) is 1. The molecule has 9 heteroatoms. The molecule has 0 N–H and O–H groups in total. The van der Waals surface area contributed by atoms with Crippen LogP contribution in [-0.2, 0) is 15.6 Å². The summed E-state index contributed by atoms with van der Waals surface area (Å²) in [5.41, 5.74) is -1.78. The lowest BCUT2D eigenvalue weighted by molar-refractivity contribution is -0.0597. The van der Waals surface area contributed by atoms with Gasteiger partial charge in [0.15, 0.2) is 17.1 Å². The van der Waals surface area contributed by atoms with Crippen LogP contribution in [0.2, 0.25) is 0 Å². The second kappa shape index (κ2) is 6.71. The maximum Gasteiger partial charge on any atom is 0.437 e. The molecule has 0 saturated carbocycles. The molecule has 0 heterocycles. The average Bonchev–Trinajstić information content (AvgIpc) is 2.28. The van der Waals surface area contributed by atoms with Gasteiger partial charge in [-0.15, -0.1) is 0 Å². The normalized spacial score (nSPS) is 14.2. The van der Waals surface area contributed by atoms with Gasteiger partial charge < -0.3 is 13.6 Å². The molecule has 0 aliphatic heterocycles. The highest BCUT2D eigenvalue weighted by Crippen LogP contribution is 2.24. The largest absolute Gasteiger partial charge is 0.738 e. The minimum absolute atomic E-state index is 0.122.